The lowest BCUT2D eigenvalue weighted by Crippen LogP contribution is -2.38. The second kappa shape index (κ2) is 8.13. The number of carbonyl (C=O) groups is 1. The van der Waals surface area contributed by atoms with Crippen molar-refractivity contribution >= 4 is 28.2 Å². The van der Waals surface area contributed by atoms with Crippen LogP contribution in [0.25, 0.3) is 10.9 Å². The van der Waals surface area contributed by atoms with Gasteiger partial charge in [0.15, 0.2) is 0 Å². The molecule has 10 heteroatoms. The zero-order valence-electron chi connectivity index (χ0n) is 16.4. The van der Waals surface area contributed by atoms with Crippen LogP contribution >= 0.6 is 0 Å². The molecule has 152 valence electrons. The molecule has 0 aliphatic carbocycles. The third-order valence-electron chi connectivity index (χ3n) is 4.68. The minimum Gasteiger partial charge on any atom is -0.373 e. The second-order valence-electron chi connectivity index (χ2n) is 6.84. The first-order chi connectivity index (χ1) is 13.8. The molecular formula is C19H22N6O4. The van der Waals surface area contributed by atoms with Crippen LogP contribution in [0.15, 0.2) is 41.5 Å². The van der Waals surface area contributed by atoms with Crippen molar-refractivity contribution in [1.82, 2.24) is 19.7 Å². The van der Waals surface area contributed by atoms with Crippen molar-refractivity contribution in [3.05, 3.63) is 62.7 Å². The number of nitro groups is 1. The Bertz CT molecular complexity index is 1130. The molecule has 0 spiro atoms. The third-order valence-corrected chi connectivity index (χ3v) is 4.68. The number of carbonyl (C=O) groups excluding carboxylic acids is 1. The molecule has 1 aromatic carbocycles. The van der Waals surface area contributed by atoms with Crippen molar-refractivity contribution in [3.8, 4) is 0 Å². The number of pyridine rings is 1. The van der Waals surface area contributed by atoms with Gasteiger partial charge in [0, 0.05) is 56.1 Å². The highest BCUT2D eigenvalue weighted by Gasteiger charge is 2.17. The van der Waals surface area contributed by atoms with Crippen molar-refractivity contribution in [2.24, 2.45) is 14.1 Å². The second-order valence-corrected chi connectivity index (χ2v) is 6.84. The monoisotopic (exact) mass is 398 g/mol. The van der Waals surface area contributed by atoms with Crippen LogP contribution in [0, 0.1) is 10.1 Å². The summed E-state index contributed by atoms with van der Waals surface area (Å²) in [6.45, 7) is 2.11. The van der Waals surface area contributed by atoms with Gasteiger partial charge in [-0.05, 0) is 25.0 Å². The van der Waals surface area contributed by atoms with Crippen LogP contribution in [0.1, 0.15) is 12.5 Å². The Hall–Kier alpha value is -3.69. The van der Waals surface area contributed by atoms with Crippen LogP contribution in [0.2, 0.25) is 0 Å². The first-order valence-corrected chi connectivity index (χ1v) is 9.06. The fourth-order valence-electron chi connectivity index (χ4n) is 3.06. The molecule has 0 bridgehead atoms. The highest BCUT2D eigenvalue weighted by Crippen LogP contribution is 2.26. The summed E-state index contributed by atoms with van der Waals surface area (Å²) in [6.07, 6.45) is 4.27. The Morgan fingerprint density at radius 3 is 2.72 bits per heavy atom. The molecule has 1 atom stereocenters. The average molecular weight is 398 g/mol. The summed E-state index contributed by atoms with van der Waals surface area (Å²) in [6, 6.07) is 4.97. The van der Waals surface area contributed by atoms with Crippen molar-refractivity contribution in [2.45, 2.75) is 19.4 Å². The van der Waals surface area contributed by atoms with Gasteiger partial charge in [0.2, 0.25) is 5.91 Å². The molecule has 0 radical (unpaired) electrons. The lowest BCUT2D eigenvalue weighted by Gasteiger charge is -2.17. The van der Waals surface area contributed by atoms with E-state index in [1.165, 1.54) is 28.8 Å². The van der Waals surface area contributed by atoms with Gasteiger partial charge in [0.25, 0.3) is 11.2 Å². The largest absolute Gasteiger partial charge is 0.373 e. The molecule has 3 rings (SSSR count). The van der Waals surface area contributed by atoms with Gasteiger partial charge in [0.05, 0.1) is 16.6 Å². The average Bonchev–Trinajstić information content (AvgIpc) is 3.10. The van der Waals surface area contributed by atoms with E-state index in [0.29, 0.717) is 29.6 Å². The molecular weight excluding hydrogens is 376 g/mol. The Morgan fingerprint density at radius 2 is 2.07 bits per heavy atom. The van der Waals surface area contributed by atoms with Crippen molar-refractivity contribution < 1.29 is 9.72 Å². The van der Waals surface area contributed by atoms with Gasteiger partial charge in [-0.2, -0.15) is 5.10 Å². The number of anilines is 1. The number of non-ortho nitro benzene ring substituents is 1. The third kappa shape index (κ3) is 4.42. The number of hydrogen-bond donors (Lipinski definition) is 2. The highest BCUT2D eigenvalue weighted by molar-refractivity contribution is 5.95. The highest BCUT2D eigenvalue weighted by atomic mass is 16.6. The van der Waals surface area contributed by atoms with Crippen LogP contribution in [-0.4, -0.2) is 37.8 Å². The Balaban J connectivity index is 1.76. The number of nitrogens with one attached hydrogen (secondary N) is 2. The lowest BCUT2D eigenvalue weighted by atomic mass is 10.1. The predicted octanol–water partition coefficient (Wildman–Crippen LogP) is 1.34. The normalized spacial score (nSPS) is 12.0. The van der Waals surface area contributed by atoms with E-state index in [4.69, 9.17) is 0 Å². The molecule has 1 unspecified atom stereocenters. The standard InChI is InChI=1S/C19H22N6O4/c1-12(19(27)20-7-6-13-10-21-23(2)11-13)22-16-9-18(26)24(3)17-5-4-14(25(28)29)8-15(16)17/h4-5,8-12,22H,6-7H2,1-3H3,(H,20,27). The molecule has 1 amide bonds. The quantitative estimate of drug-likeness (QED) is 0.457. The number of aromatic nitrogens is 3. The van der Waals surface area contributed by atoms with Gasteiger partial charge in [-0.25, -0.2) is 0 Å². The minimum absolute atomic E-state index is 0.0900. The Morgan fingerprint density at radius 1 is 1.31 bits per heavy atom. The Kier molecular flexibility index (Phi) is 5.62. The molecule has 0 saturated carbocycles. The summed E-state index contributed by atoms with van der Waals surface area (Å²) in [5, 5.41) is 21.5. The Labute approximate surface area is 166 Å². The van der Waals surface area contributed by atoms with Gasteiger partial charge in [-0.3, -0.25) is 24.4 Å². The molecule has 0 aliphatic heterocycles. The zero-order chi connectivity index (χ0) is 21.1. The van der Waals surface area contributed by atoms with Crippen molar-refractivity contribution in [1.29, 1.82) is 0 Å². The first-order valence-electron chi connectivity index (χ1n) is 9.06. The molecule has 0 saturated heterocycles. The van der Waals surface area contributed by atoms with E-state index < -0.39 is 11.0 Å². The number of benzene rings is 1. The molecule has 0 fully saturated rings. The van der Waals surface area contributed by atoms with Crippen LogP contribution in [-0.2, 0) is 25.3 Å². The van der Waals surface area contributed by atoms with Gasteiger partial charge in [0.1, 0.15) is 6.04 Å². The molecule has 2 N–H and O–H groups in total. The summed E-state index contributed by atoms with van der Waals surface area (Å²) < 4.78 is 3.10. The molecule has 0 aliphatic rings. The maximum Gasteiger partial charge on any atom is 0.270 e. The number of nitro benzene ring substituents is 1. The first kappa shape index (κ1) is 20.1. The summed E-state index contributed by atoms with van der Waals surface area (Å²) in [5.74, 6) is -0.242. The number of aryl methyl sites for hydroxylation is 2. The maximum absolute atomic E-state index is 12.4. The summed E-state index contributed by atoms with van der Waals surface area (Å²) in [4.78, 5) is 35.3. The molecule has 10 nitrogen and oxygen atoms in total. The van der Waals surface area contributed by atoms with Crippen LogP contribution in [0.3, 0.4) is 0 Å². The maximum atomic E-state index is 12.4. The topological polar surface area (TPSA) is 124 Å². The van der Waals surface area contributed by atoms with E-state index in [-0.39, 0.29) is 17.2 Å². The van der Waals surface area contributed by atoms with E-state index in [0.717, 1.165) is 5.56 Å². The minimum atomic E-state index is -0.640. The van der Waals surface area contributed by atoms with Gasteiger partial charge >= 0.3 is 0 Å². The fraction of sp³-hybridized carbons (Fsp3) is 0.316. The predicted molar refractivity (Wildman–Crippen MR) is 109 cm³/mol. The van der Waals surface area contributed by atoms with Crippen molar-refractivity contribution in [2.75, 3.05) is 11.9 Å². The number of fused-ring (bicyclic) bond motifs is 1. The summed E-state index contributed by atoms with van der Waals surface area (Å²) in [5.41, 5.74) is 1.56. The fourth-order valence-corrected chi connectivity index (χ4v) is 3.06. The van der Waals surface area contributed by atoms with E-state index in [2.05, 4.69) is 15.7 Å². The molecule has 2 aromatic heterocycles. The van der Waals surface area contributed by atoms with Gasteiger partial charge in [-0.15, -0.1) is 0 Å². The van der Waals surface area contributed by atoms with Crippen molar-refractivity contribution in [3.63, 3.8) is 0 Å². The number of hydrogen-bond acceptors (Lipinski definition) is 6. The summed E-state index contributed by atoms with van der Waals surface area (Å²) in [7, 11) is 3.42. The van der Waals surface area contributed by atoms with E-state index in [9.17, 15) is 19.7 Å². The summed E-state index contributed by atoms with van der Waals surface area (Å²) >= 11 is 0. The number of rotatable bonds is 7. The van der Waals surface area contributed by atoms with E-state index in [1.807, 2.05) is 13.2 Å². The van der Waals surface area contributed by atoms with Crippen LogP contribution < -0.4 is 16.2 Å². The smallest absolute Gasteiger partial charge is 0.270 e. The number of amides is 1. The number of nitrogens with zero attached hydrogens (tertiary/aromatic N) is 4. The lowest BCUT2D eigenvalue weighted by molar-refractivity contribution is -0.384. The van der Waals surface area contributed by atoms with E-state index in [1.54, 1.807) is 24.9 Å². The van der Waals surface area contributed by atoms with Crippen LogP contribution in [0.5, 0.6) is 0 Å². The molecule has 2 heterocycles. The zero-order valence-corrected chi connectivity index (χ0v) is 16.4. The van der Waals surface area contributed by atoms with Gasteiger partial charge in [-0.1, -0.05) is 0 Å². The molecule has 3 aromatic rings. The van der Waals surface area contributed by atoms with Crippen LogP contribution in [0.4, 0.5) is 11.4 Å². The molecule has 29 heavy (non-hydrogen) atoms. The SMILES string of the molecule is CC(Nc1cc(=O)n(C)c2ccc([N+](=O)[O-])cc12)C(=O)NCCc1cnn(C)c1. The van der Waals surface area contributed by atoms with Gasteiger partial charge < -0.3 is 15.2 Å². The van der Waals surface area contributed by atoms with E-state index >= 15 is 0 Å².